The minimum atomic E-state index is -1.01. The molecule has 0 bridgehead atoms. The molecule has 7 heteroatoms. The van der Waals surface area contributed by atoms with Gasteiger partial charge in [-0.15, -0.1) is 0 Å². The van der Waals surface area contributed by atoms with E-state index in [0.717, 1.165) is 0 Å². The zero-order valence-corrected chi connectivity index (χ0v) is 15.2. The molecule has 0 aliphatic heterocycles. The number of hydrogen-bond acceptors (Lipinski definition) is 3. The molecule has 134 valence electrons. The summed E-state index contributed by atoms with van der Waals surface area (Å²) < 4.78 is 14.7. The van der Waals surface area contributed by atoms with Crippen molar-refractivity contribution >= 4 is 34.9 Å². The van der Waals surface area contributed by atoms with Crippen LogP contribution in [0.3, 0.4) is 0 Å². The third-order valence-corrected chi connectivity index (χ3v) is 4.44. The van der Waals surface area contributed by atoms with Crippen LogP contribution in [0.25, 0.3) is 0 Å². The van der Waals surface area contributed by atoms with Gasteiger partial charge in [-0.1, -0.05) is 43.1 Å². The van der Waals surface area contributed by atoms with Crippen molar-refractivity contribution in [1.82, 2.24) is 0 Å². The number of phenols is 1. The van der Waals surface area contributed by atoms with E-state index >= 15 is 0 Å². The van der Waals surface area contributed by atoms with Crippen LogP contribution in [0.4, 0.5) is 10.1 Å². The molecular weight excluding hydrogens is 368 g/mol. The van der Waals surface area contributed by atoms with Gasteiger partial charge in [0.15, 0.2) is 0 Å². The highest BCUT2D eigenvalue weighted by Crippen LogP contribution is 2.35. The molecule has 0 fully saturated rings. The van der Waals surface area contributed by atoms with Crippen LogP contribution in [0.5, 0.6) is 5.75 Å². The summed E-state index contributed by atoms with van der Waals surface area (Å²) in [4.78, 5) is 10.6. The van der Waals surface area contributed by atoms with Crippen molar-refractivity contribution in [2.45, 2.75) is 26.2 Å². The van der Waals surface area contributed by atoms with E-state index in [1.54, 1.807) is 26.0 Å². The van der Waals surface area contributed by atoms with Gasteiger partial charge in [-0.25, -0.2) is 4.39 Å². The normalized spacial score (nSPS) is 11.0. The highest BCUT2D eigenvalue weighted by molar-refractivity contribution is 6.36. The minimum Gasteiger partial charge on any atom is -0.508 e. The molecule has 0 atom stereocenters. The largest absolute Gasteiger partial charge is 0.508 e. The molecular formula is C18H18Cl2FNO3. The van der Waals surface area contributed by atoms with Gasteiger partial charge in [-0.05, 0) is 35.2 Å². The quantitative estimate of drug-likeness (QED) is 0.650. The summed E-state index contributed by atoms with van der Waals surface area (Å²) in [5, 5.41) is 21.8. The van der Waals surface area contributed by atoms with E-state index in [9.17, 15) is 14.3 Å². The molecule has 3 N–H and O–H groups in total. The molecule has 4 nitrogen and oxygen atoms in total. The number of nitrogens with one attached hydrogen (secondary N) is 1. The fraction of sp³-hybridized carbons (Fsp3) is 0.278. The molecule has 0 amide bonds. The van der Waals surface area contributed by atoms with E-state index in [1.807, 2.05) is 0 Å². The summed E-state index contributed by atoms with van der Waals surface area (Å²) in [5.41, 5.74) is 1.62. The Morgan fingerprint density at radius 2 is 1.84 bits per heavy atom. The Hall–Kier alpha value is -1.98. The first-order valence-electron chi connectivity index (χ1n) is 7.64. The number of carbonyl (C=O) groups is 1. The van der Waals surface area contributed by atoms with Crippen molar-refractivity contribution in [3.05, 3.63) is 56.8 Å². The van der Waals surface area contributed by atoms with Gasteiger partial charge in [0.05, 0.1) is 0 Å². The van der Waals surface area contributed by atoms with Gasteiger partial charge in [-0.2, -0.15) is 0 Å². The van der Waals surface area contributed by atoms with E-state index in [4.69, 9.17) is 28.3 Å². The lowest BCUT2D eigenvalue weighted by Crippen LogP contribution is -2.12. The summed E-state index contributed by atoms with van der Waals surface area (Å²) in [6.45, 7) is 3.33. The molecule has 25 heavy (non-hydrogen) atoms. The smallest absolute Gasteiger partial charge is 0.322 e. The summed E-state index contributed by atoms with van der Waals surface area (Å²) in [6, 6.07) is 6.05. The average molecular weight is 386 g/mol. The van der Waals surface area contributed by atoms with Crippen molar-refractivity contribution in [2.75, 3.05) is 11.9 Å². The Morgan fingerprint density at radius 1 is 1.24 bits per heavy atom. The molecule has 0 unspecified atom stereocenters. The first-order chi connectivity index (χ1) is 11.7. The van der Waals surface area contributed by atoms with Crippen molar-refractivity contribution < 1.29 is 19.4 Å². The van der Waals surface area contributed by atoms with Gasteiger partial charge in [0, 0.05) is 27.7 Å². The zero-order valence-electron chi connectivity index (χ0n) is 13.7. The van der Waals surface area contributed by atoms with Gasteiger partial charge in [-0.3, -0.25) is 4.79 Å². The fourth-order valence-corrected chi connectivity index (χ4v) is 3.18. The number of phenolic OH excluding ortho intramolecular Hbond substituents is 1. The Morgan fingerprint density at radius 3 is 2.36 bits per heavy atom. The zero-order chi connectivity index (χ0) is 18.7. The van der Waals surface area contributed by atoms with Crippen LogP contribution in [-0.2, 0) is 11.2 Å². The first-order valence-corrected chi connectivity index (χ1v) is 8.40. The van der Waals surface area contributed by atoms with Crippen LogP contribution in [-0.4, -0.2) is 22.7 Å². The number of rotatable bonds is 6. The van der Waals surface area contributed by atoms with Crippen molar-refractivity contribution in [3.63, 3.8) is 0 Å². The summed E-state index contributed by atoms with van der Waals surface area (Å²) in [6.07, 6.45) is 0.155. The number of carboxylic acids is 1. The lowest BCUT2D eigenvalue weighted by Gasteiger charge is -2.15. The fourth-order valence-electron chi connectivity index (χ4n) is 2.56. The molecule has 2 rings (SSSR count). The molecule has 0 radical (unpaired) electrons. The number of anilines is 1. The second-order valence-electron chi connectivity index (χ2n) is 5.97. The Kier molecular flexibility index (Phi) is 6.14. The number of aliphatic carboxylic acids is 1. The van der Waals surface area contributed by atoms with Gasteiger partial charge in [0.2, 0.25) is 0 Å². The van der Waals surface area contributed by atoms with E-state index < -0.39 is 11.8 Å². The molecule has 0 aliphatic rings. The van der Waals surface area contributed by atoms with Crippen LogP contribution in [0.2, 0.25) is 10.0 Å². The lowest BCUT2D eigenvalue weighted by molar-refractivity contribution is -0.134. The number of carboxylic acid groups (broad SMARTS) is 1. The second kappa shape index (κ2) is 7.93. The van der Waals surface area contributed by atoms with Crippen LogP contribution in [0.1, 0.15) is 36.5 Å². The summed E-state index contributed by atoms with van der Waals surface area (Å²) >= 11 is 12.5. The number of aromatic hydroxyl groups is 1. The molecule has 0 aromatic heterocycles. The topological polar surface area (TPSA) is 69.6 Å². The maximum Gasteiger partial charge on any atom is 0.322 e. The average Bonchev–Trinajstić information content (AvgIpc) is 2.50. The van der Waals surface area contributed by atoms with Crippen LogP contribution >= 0.6 is 23.2 Å². The first kappa shape index (κ1) is 19.3. The summed E-state index contributed by atoms with van der Waals surface area (Å²) in [7, 11) is 0. The number of hydrogen-bond donors (Lipinski definition) is 3. The van der Waals surface area contributed by atoms with E-state index in [-0.39, 0.29) is 30.2 Å². The number of halogens is 3. The maximum atomic E-state index is 14.7. The summed E-state index contributed by atoms with van der Waals surface area (Å²) in [5.74, 6) is -1.74. The lowest BCUT2D eigenvalue weighted by atomic mass is 9.95. The van der Waals surface area contributed by atoms with Crippen LogP contribution < -0.4 is 5.32 Å². The van der Waals surface area contributed by atoms with Crippen molar-refractivity contribution in [2.24, 2.45) is 0 Å². The predicted octanol–water partition coefficient (Wildman–Crippen LogP) is 5.05. The second-order valence-corrected chi connectivity index (χ2v) is 6.78. The van der Waals surface area contributed by atoms with E-state index in [1.165, 1.54) is 12.1 Å². The van der Waals surface area contributed by atoms with Crippen molar-refractivity contribution in [3.8, 4) is 5.75 Å². The van der Waals surface area contributed by atoms with Crippen LogP contribution in [0, 0.1) is 5.82 Å². The molecule has 0 spiro atoms. The minimum absolute atomic E-state index is 0.0818. The highest BCUT2D eigenvalue weighted by atomic mass is 35.5. The van der Waals surface area contributed by atoms with Gasteiger partial charge in [0.25, 0.3) is 0 Å². The van der Waals surface area contributed by atoms with Gasteiger partial charge < -0.3 is 15.5 Å². The maximum absolute atomic E-state index is 14.7. The van der Waals surface area contributed by atoms with Crippen LogP contribution in [0.15, 0.2) is 24.3 Å². The Bertz CT molecular complexity index is 786. The van der Waals surface area contributed by atoms with Gasteiger partial charge in [0.1, 0.15) is 18.1 Å². The SMILES string of the molecule is CC(C)c1c(O)ccc(Cc2c(Cl)cc(NCC(=O)O)cc2Cl)c1F. The number of benzene rings is 2. The molecule has 0 heterocycles. The van der Waals surface area contributed by atoms with E-state index in [0.29, 0.717) is 26.9 Å². The van der Waals surface area contributed by atoms with Gasteiger partial charge >= 0.3 is 5.97 Å². The molecule has 0 aliphatic carbocycles. The molecule has 2 aromatic carbocycles. The van der Waals surface area contributed by atoms with Crippen molar-refractivity contribution in [1.29, 1.82) is 0 Å². The Labute approximate surface area is 155 Å². The standard InChI is InChI=1S/C18H18Cl2FNO3/c1-9(2)17-15(23)4-3-10(18(17)21)5-12-13(19)6-11(7-14(12)20)22-8-16(24)25/h3-4,6-7,9,22-23H,5,8H2,1-2H3,(H,24,25). The van der Waals surface area contributed by atoms with E-state index in [2.05, 4.69) is 5.32 Å². The monoisotopic (exact) mass is 385 g/mol. The Balaban J connectivity index is 2.35. The molecule has 0 saturated carbocycles. The third kappa shape index (κ3) is 4.55. The molecule has 0 saturated heterocycles. The molecule has 2 aromatic rings. The predicted molar refractivity (Wildman–Crippen MR) is 97.5 cm³/mol. The third-order valence-electron chi connectivity index (χ3n) is 3.77. The highest BCUT2D eigenvalue weighted by Gasteiger charge is 2.18.